The molecule has 0 bridgehead atoms. The molecule has 30 heavy (non-hydrogen) atoms. The number of fused-ring (bicyclic) bond motifs is 1. The molecule has 0 radical (unpaired) electrons. The molecule has 0 aliphatic rings. The SMILES string of the molecule is CCCc1nn(C)c2c(=O)n(CCOc3ccc(CCC(=O)O)cc3)c(CC)nc12. The van der Waals surface area contributed by atoms with E-state index in [2.05, 4.69) is 12.0 Å². The highest BCUT2D eigenvalue weighted by molar-refractivity contribution is 5.76. The number of carboxylic acid groups (broad SMARTS) is 1. The summed E-state index contributed by atoms with van der Waals surface area (Å²) in [5.74, 6) is 0.596. The predicted octanol–water partition coefficient (Wildman–Crippen LogP) is 2.74. The van der Waals surface area contributed by atoms with Crippen LogP contribution in [0.5, 0.6) is 5.75 Å². The van der Waals surface area contributed by atoms with Gasteiger partial charge in [0.15, 0.2) is 5.52 Å². The van der Waals surface area contributed by atoms with E-state index in [0.717, 1.165) is 29.9 Å². The number of nitrogens with zero attached hydrogens (tertiary/aromatic N) is 4. The van der Waals surface area contributed by atoms with Gasteiger partial charge in [0.25, 0.3) is 5.56 Å². The Morgan fingerprint density at radius 2 is 1.90 bits per heavy atom. The van der Waals surface area contributed by atoms with Crippen LogP contribution in [0, 0.1) is 0 Å². The lowest BCUT2D eigenvalue weighted by Gasteiger charge is -2.13. The summed E-state index contributed by atoms with van der Waals surface area (Å²) >= 11 is 0. The summed E-state index contributed by atoms with van der Waals surface area (Å²) in [7, 11) is 1.78. The number of hydrogen-bond donors (Lipinski definition) is 1. The Bertz CT molecular complexity index is 1080. The van der Waals surface area contributed by atoms with Crippen LogP contribution in [0.2, 0.25) is 0 Å². The zero-order valence-electron chi connectivity index (χ0n) is 17.7. The smallest absolute Gasteiger partial charge is 0.303 e. The van der Waals surface area contributed by atoms with E-state index in [1.54, 1.807) is 16.3 Å². The topological polar surface area (TPSA) is 99.2 Å². The molecule has 8 nitrogen and oxygen atoms in total. The van der Waals surface area contributed by atoms with Crippen molar-refractivity contribution in [2.24, 2.45) is 7.05 Å². The van der Waals surface area contributed by atoms with Crippen LogP contribution in [0.15, 0.2) is 29.1 Å². The second-order valence-corrected chi connectivity index (χ2v) is 7.24. The van der Waals surface area contributed by atoms with Crippen molar-refractivity contribution in [3.05, 3.63) is 51.7 Å². The third-order valence-corrected chi connectivity index (χ3v) is 5.03. The lowest BCUT2D eigenvalue weighted by Crippen LogP contribution is -2.28. The molecule has 0 amide bonds. The maximum Gasteiger partial charge on any atom is 0.303 e. The van der Waals surface area contributed by atoms with E-state index < -0.39 is 5.97 Å². The van der Waals surface area contributed by atoms with Gasteiger partial charge in [-0.1, -0.05) is 32.4 Å². The van der Waals surface area contributed by atoms with Gasteiger partial charge in [-0.05, 0) is 30.5 Å². The molecular weight excluding hydrogens is 384 g/mol. The van der Waals surface area contributed by atoms with Crippen LogP contribution >= 0.6 is 0 Å². The Labute approximate surface area is 175 Å². The van der Waals surface area contributed by atoms with E-state index in [4.69, 9.17) is 14.8 Å². The molecule has 0 aliphatic heterocycles. The highest BCUT2D eigenvalue weighted by Gasteiger charge is 2.17. The van der Waals surface area contributed by atoms with Gasteiger partial charge in [-0.15, -0.1) is 0 Å². The van der Waals surface area contributed by atoms with Crippen molar-refractivity contribution in [2.75, 3.05) is 6.61 Å². The van der Waals surface area contributed by atoms with E-state index in [9.17, 15) is 9.59 Å². The van der Waals surface area contributed by atoms with E-state index in [1.807, 2.05) is 31.2 Å². The van der Waals surface area contributed by atoms with Gasteiger partial charge in [-0.2, -0.15) is 5.10 Å². The standard InChI is InChI=1S/C22H28N4O4/c1-4-6-17-20-21(25(3)24-17)22(29)26(18(5-2)23-20)13-14-30-16-10-7-15(8-11-16)9-12-19(27)28/h7-8,10-11H,4-6,9,12-14H2,1-3H3,(H,27,28). The minimum atomic E-state index is -0.812. The summed E-state index contributed by atoms with van der Waals surface area (Å²) in [6, 6.07) is 7.36. The fraction of sp³-hybridized carbons (Fsp3) is 0.455. The van der Waals surface area contributed by atoms with Crippen molar-refractivity contribution in [2.45, 2.75) is 52.5 Å². The van der Waals surface area contributed by atoms with E-state index in [0.29, 0.717) is 42.8 Å². The fourth-order valence-electron chi connectivity index (χ4n) is 3.52. The predicted molar refractivity (Wildman–Crippen MR) is 114 cm³/mol. The summed E-state index contributed by atoms with van der Waals surface area (Å²) in [6.45, 7) is 4.78. The van der Waals surface area contributed by atoms with Gasteiger partial charge in [-0.3, -0.25) is 18.8 Å². The summed E-state index contributed by atoms with van der Waals surface area (Å²) in [6.07, 6.45) is 2.97. The molecule has 2 aromatic heterocycles. The Balaban J connectivity index is 1.74. The molecule has 2 heterocycles. The average Bonchev–Trinajstić information content (AvgIpc) is 3.04. The number of benzene rings is 1. The summed E-state index contributed by atoms with van der Waals surface area (Å²) < 4.78 is 9.10. The number of aliphatic carboxylic acids is 1. The van der Waals surface area contributed by atoms with Gasteiger partial charge in [0.2, 0.25) is 0 Å². The van der Waals surface area contributed by atoms with Crippen LogP contribution in [0.1, 0.15) is 43.8 Å². The molecular formula is C22H28N4O4. The van der Waals surface area contributed by atoms with Gasteiger partial charge in [0.1, 0.15) is 23.7 Å². The molecule has 3 rings (SSSR count). The molecule has 1 aromatic carbocycles. The minimum Gasteiger partial charge on any atom is -0.492 e. The minimum absolute atomic E-state index is 0.0955. The number of carboxylic acids is 1. The monoisotopic (exact) mass is 412 g/mol. The van der Waals surface area contributed by atoms with E-state index in [-0.39, 0.29) is 12.0 Å². The molecule has 0 unspecified atom stereocenters. The molecule has 160 valence electrons. The molecule has 0 atom stereocenters. The second-order valence-electron chi connectivity index (χ2n) is 7.24. The van der Waals surface area contributed by atoms with Crippen molar-refractivity contribution >= 4 is 17.0 Å². The molecule has 8 heteroatoms. The second kappa shape index (κ2) is 9.56. The fourth-order valence-corrected chi connectivity index (χ4v) is 3.52. The first-order valence-corrected chi connectivity index (χ1v) is 10.3. The zero-order chi connectivity index (χ0) is 21.7. The van der Waals surface area contributed by atoms with Crippen LogP contribution in [0.25, 0.3) is 11.0 Å². The lowest BCUT2D eigenvalue weighted by molar-refractivity contribution is -0.136. The molecule has 0 fully saturated rings. The molecule has 0 saturated heterocycles. The summed E-state index contributed by atoms with van der Waals surface area (Å²) in [5.41, 5.74) is 2.95. The molecule has 1 N–H and O–H groups in total. The quantitative estimate of drug-likeness (QED) is 0.550. The van der Waals surface area contributed by atoms with Crippen LogP contribution in [0.3, 0.4) is 0 Å². The number of hydrogen-bond acceptors (Lipinski definition) is 5. The van der Waals surface area contributed by atoms with Crippen molar-refractivity contribution in [3.63, 3.8) is 0 Å². The van der Waals surface area contributed by atoms with Gasteiger partial charge in [-0.25, -0.2) is 4.98 Å². The number of aromatic nitrogens is 4. The molecule has 0 aliphatic carbocycles. The van der Waals surface area contributed by atoms with E-state index >= 15 is 0 Å². The lowest BCUT2D eigenvalue weighted by atomic mass is 10.1. The maximum atomic E-state index is 13.1. The zero-order valence-corrected chi connectivity index (χ0v) is 17.7. The van der Waals surface area contributed by atoms with Crippen molar-refractivity contribution in [3.8, 4) is 5.75 Å². The Morgan fingerprint density at radius 1 is 1.17 bits per heavy atom. The highest BCUT2D eigenvalue weighted by atomic mass is 16.5. The normalized spacial score (nSPS) is 11.2. The largest absolute Gasteiger partial charge is 0.492 e. The van der Waals surface area contributed by atoms with Crippen LogP contribution in [-0.2, 0) is 37.6 Å². The van der Waals surface area contributed by atoms with Crippen LogP contribution < -0.4 is 10.3 Å². The van der Waals surface area contributed by atoms with Gasteiger partial charge in [0.05, 0.1) is 12.2 Å². The van der Waals surface area contributed by atoms with Gasteiger partial charge >= 0.3 is 5.97 Å². The average molecular weight is 412 g/mol. The molecule has 0 saturated carbocycles. The first-order valence-electron chi connectivity index (χ1n) is 10.3. The van der Waals surface area contributed by atoms with E-state index in [1.165, 1.54) is 0 Å². The first-order chi connectivity index (χ1) is 14.4. The Kier molecular flexibility index (Phi) is 6.87. The Hall–Kier alpha value is -3.16. The van der Waals surface area contributed by atoms with Crippen LogP contribution in [-0.4, -0.2) is 37.0 Å². The molecule has 3 aromatic rings. The number of aryl methyl sites for hydroxylation is 4. The van der Waals surface area contributed by atoms with Crippen LogP contribution in [0.4, 0.5) is 0 Å². The first kappa shape index (κ1) is 21.5. The maximum absolute atomic E-state index is 13.1. The van der Waals surface area contributed by atoms with Gasteiger partial charge in [0, 0.05) is 19.9 Å². The highest BCUT2D eigenvalue weighted by Crippen LogP contribution is 2.16. The van der Waals surface area contributed by atoms with Crippen molar-refractivity contribution in [1.29, 1.82) is 0 Å². The van der Waals surface area contributed by atoms with Gasteiger partial charge < -0.3 is 9.84 Å². The third kappa shape index (κ3) is 4.69. The van der Waals surface area contributed by atoms with Crippen molar-refractivity contribution in [1.82, 2.24) is 19.3 Å². The number of rotatable bonds is 10. The number of ether oxygens (including phenoxy) is 1. The van der Waals surface area contributed by atoms with Crippen molar-refractivity contribution < 1.29 is 14.6 Å². The summed E-state index contributed by atoms with van der Waals surface area (Å²) in [4.78, 5) is 28.5. The molecule has 0 spiro atoms. The number of carbonyl (C=O) groups is 1. The summed E-state index contributed by atoms with van der Waals surface area (Å²) in [5, 5.41) is 13.3. The Morgan fingerprint density at radius 3 is 2.53 bits per heavy atom. The third-order valence-electron chi connectivity index (χ3n) is 5.03.